The summed E-state index contributed by atoms with van der Waals surface area (Å²) in [4.78, 5) is 3.58. The van der Waals surface area contributed by atoms with E-state index in [-0.39, 0.29) is 11.8 Å². The summed E-state index contributed by atoms with van der Waals surface area (Å²) in [6.07, 6.45) is -2.34. The zero-order chi connectivity index (χ0) is 23.4. The van der Waals surface area contributed by atoms with Crippen molar-refractivity contribution in [2.24, 2.45) is 11.5 Å². The molecule has 4 aromatic carbocycles. The van der Waals surface area contributed by atoms with Crippen molar-refractivity contribution in [1.29, 1.82) is 0 Å². The third kappa shape index (κ3) is 2.97. The van der Waals surface area contributed by atoms with Gasteiger partial charge in [0.15, 0.2) is 12.7 Å². The SMILES string of the molecule is NC(O)N1c2ccccc2C(C2c3ccccc3N(C(N)O)c3ccccc32)c2ccccc21. The maximum Gasteiger partial charge on any atom is 0.185 e. The number of rotatable bonds is 3. The van der Waals surface area contributed by atoms with Crippen LogP contribution < -0.4 is 21.3 Å². The van der Waals surface area contributed by atoms with Crippen molar-refractivity contribution in [2.45, 2.75) is 24.5 Å². The number of para-hydroxylation sites is 4. The molecule has 0 aliphatic carbocycles. The Bertz CT molecular complexity index is 1170. The summed E-state index contributed by atoms with van der Waals surface area (Å²) in [7, 11) is 0. The number of fused-ring (bicyclic) bond motifs is 4. The molecule has 2 unspecified atom stereocenters. The van der Waals surface area contributed by atoms with E-state index in [0.717, 1.165) is 45.0 Å². The standard InChI is InChI=1S/C28H26N4O2/c29-27(33)31-21-13-5-1-9-17(21)25(18-10-2-6-14-22(18)31)26-19-11-3-7-15-23(19)32(28(30)34)24-16-8-4-12-20(24)26/h1-16,25-28,33-34H,29-30H2. The molecule has 4 aromatic rings. The maximum absolute atomic E-state index is 10.5. The Balaban J connectivity index is 1.66. The van der Waals surface area contributed by atoms with Crippen LogP contribution in [0, 0.1) is 0 Å². The van der Waals surface area contributed by atoms with Crippen LogP contribution in [-0.2, 0) is 0 Å². The van der Waals surface area contributed by atoms with Gasteiger partial charge in [-0.25, -0.2) is 0 Å². The van der Waals surface area contributed by atoms with E-state index >= 15 is 0 Å². The molecule has 170 valence electrons. The van der Waals surface area contributed by atoms with Gasteiger partial charge in [-0.3, -0.25) is 11.5 Å². The molecule has 34 heavy (non-hydrogen) atoms. The molecule has 6 nitrogen and oxygen atoms in total. The normalized spacial score (nSPS) is 16.8. The van der Waals surface area contributed by atoms with Crippen molar-refractivity contribution in [2.75, 3.05) is 9.80 Å². The molecule has 0 spiro atoms. The predicted octanol–water partition coefficient (Wildman–Crippen LogP) is 4.02. The third-order valence-corrected chi connectivity index (χ3v) is 6.99. The molecule has 6 rings (SSSR count). The predicted molar refractivity (Wildman–Crippen MR) is 134 cm³/mol. The van der Waals surface area contributed by atoms with Gasteiger partial charge in [0, 0.05) is 34.6 Å². The highest BCUT2D eigenvalue weighted by Gasteiger charge is 2.42. The van der Waals surface area contributed by atoms with Crippen LogP contribution in [0.2, 0.25) is 0 Å². The number of aliphatic hydroxyl groups excluding tert-OH is 2. The molecule has 0 amide bonds. The largest absolute Gasteiger partial charge is 0.361 e. The molecule has 2 atom stereocenters. The molecule has 0 saturated heterocycles. The van der Waals surface area contributed by atoms with Crippen molar-refractivity contribution in [3.05, 3.63) is 119 Å². The average molecular weight is 451 g/mol. The zero-order valence-electron chi connectivity index (χ0n) is 18.5. The lowest BCUT2D eigenvalue weighted by molar-refractivity contribution is 0.186. The molecule has 2 aliphatic heterocycles. The molecule has 6 heteroatoms. The fourth-order valence-corrected chi connectivity index (χ4v) is 5.76. The number of nitrogens with two attached hydrogens (primary N) is 2. The van der Waals surface area contributed by atoms with Gasteiger partial charge in [0.1, 0.15) is 0 Å². The summed E-state index contributed by atoms with van der Waals surface area (Å²) in [6, 6.07) is 32.4. The second-order valence-corrected chi connectivity index (χ2v) is 8.76. The number of nitrogens with zero attached hydrogens (tertiary/aromatic N) is 2. The van der Waals surface area contributed by atoms with E-state index in [1.165, 1.54) is 0 Å². The van der Waals surface area contributed by atoms with Crippen molar-refractivity contribution in [1.82, 2.24) is 0 Å². The van der Waals surface area contributed by atoms with Crippen LogP contribution >= 0.6 is 0 Å². The highest BCUT2D eigenvalue weighted by molar-refractivity contribution is 5.82. The van der Waals surface area contributed by atoms with Gasteiger partial charge in [-0.05, 0) is 46.5 Å². The summed E-state index contributed by atoms with van der Waals surface area (Å²) >= 11 is 0. The molecule has 0 radical (unpaired) electrons. The van der Waals surface area contributed by atoms with Crippen LogP contribution in [0.4, 0.5) is 22.7 Å². The summed E-state index contributed by atoms with van der Waals surface area (Å²) < 4.78 is 0. The van der Waals surface area contributed by atoms with E-state index in [2.05, 4.69) is 24.3 Å². The summed E-state index contributed by atoms with van der Waals surface area (Å²) in [5, 5.41) is 21.1. The monoisotopic (exact) mass is 450 g/mol. The van der Waals surface area contributed by atoms with E-state index < -0.39 is 12.7 Å². The number of hydrogen-bond acceptors (Lipinski definition) is 6. The Labute approximate surface area is 198 Å². The van der Waals surface area contributed by atoms with Gasteiger partial charge in [-0.15, -0.1) is 0 Å². The third-order valence-electron chi connectivity index (χ3n) is 6.99. The van der Waals surface area contributed by atoms with Gasteiger partial charge in [-0.1, -0.05) is 72.8 Å². The van der Waals surface area contributed by atoms with E-state index in [0.29, 0.717) is 0 Å². The molecule has 0 fully saturated rings. The summed E-state index contributed by atoms with van der Waals surface area (Å²) in [5.74, 6) is -0.0801. The second-order valence-electron chi connectivity index (χ2n) is 8.76. The van der Waals surface area contributed by atoms with Crippen LogP contribution in [-0.4, -0.2) is 22.9 Å². The lowest BCUT2D eigenvalue weighted by atomic mass is 9.69. The van der Waals surface area contributed by atoms with Gasteiger partial charge in [0.05, 0.1) is 0 Å². The quantitative estimate of drug-likeness (QED) is 0.352. The Kier molecular flexibility index (Phi) is 4.90. The minimum absolute atomic E-state index is 0.0400. The fraction of sp³-hybridized carbons (Fsp3) is 0.143. The van der Waals surface area contributed by atoms with E-state index in [1.807, 2.05) is 72.8 Å². The van der Waals surface area contributed by atoms with Crippen LogP contribution in [0.25, 0.3) is 0 Å². The number of benzene rings is 4. The zero-order valence-corrected chi connectivity index (χ0v) is 18.5. The molecule has 0 aromatic heterocycles. The fourth-order valence-electron chi connectivity index (χ4n) is 5.76. The summed E-state index contributed by atoms with van der Waals surface area (Å²) in [5.41, 5.74) is 20.0. The second kappa shape index (κ2) is 7.97. The first kappa shape index (κ1) is 20.9. The Morgan fingerprint density at radius 1 is 0.471 bits per heavy atom. The van der Waals surface area contributed by atoms with Crippen LogP contribution in [0.1, 0.15) is 34.1 Å². The number of anilines is 4. The van der Waals surface area contributed by atoms with E-state index in [4.69, 9.17) is 11.5 Å². The van der Waals surface area contributed by atoms with Crippen molar-refractivity contribution in [3.63, 3.8) is 0 Å². The minimum atomic E-state index is -1.17. The molecule has 0 bridgehead atoms. The molecular formula is C28H26N4O2. The van der Waals surface area contributed by atoms with E-state index in [1.54, 1.807) is 9.80 Å². The van der Waals surface area contributed by atoms with Gasteiger partial charge < -0.3 is 20.0 Å². The first-order valence-electron chi connectivity index (χ1n) is 11.4. The summed E-state index contributed by atoms with van der Waals surface area (Å²) in [6.45, 7) is 0. The minimum Gasteiger partial charge on any atom is -0.361 e. The molecule has 2 aliphatic rings. The Morgan fingerprint density at radius 2 is 0.706 bits per heavy atom. The smallest absolute Gasteiger partial charge is 0.185 e. The topological polar surface area (TPSA) is 99.0 Å². The average Bonchev–Trinajstić information content (AvgIpc) is 2.85. The Hall–Kier alpha value is -3.68. The van der Waals surface area contributed by atoms with Gasteiger partial charge in [-0.2, -0.15) is 0 Å². The van der Waals surface area contributed by atoms with Crippen LogP contribution in [0.3, 0.4) is 0 Å². The van der Waals surface area contributed by atoms with E-state index in [9.17, 15) is 10.2 Å². The van der Waals surface area contributed by atoms with Crippen molar-refractivity contribution < 1.29 is 10.2 Å². The van der Waals surface area contributed by atoms with Gasteiger partial charge >= 0.3 is 0 Å². The molecular weight excluding hydrogens is 424 g/mol. The highest BCUT2D eigenvalue weighted by Crippen LogP contribution is 2.57. The van der Waals surface area contributed by atoms with Crippen LogP contribution in [0.5, 0.6) is 0 Å². The lowest BCUT2D eigenvalue weighted by Crippen LogP contribution is -2.43. The number of aliphatic hydroxyl groups is 2. The maximum atomic E-state index is 10.5. The Morgan fingerprint density at radius 3 is 0.941 bits per heavy atom. The van der Waals surface area contributed by atoms with Gasteiger partial charge in [0.25, 0.3) is 0 Å². The first-order valence-corrected chi connectivity index (χ1v) is 11.4. The lowest BCUT2D eigenvalue weighted by Gasteiger charge is -2.45. The highest BCUT2D eigenvalue weighted by atomic mass is 16.3. The van der Waals surface area contributed by atoms with Gasteiger partial charge in [0.2, 0.25) is 0 Å². The van der Waals surface area contributed by atoms with Crippen LogP contribution in [0.15, 0.2) is 97.1 Å². The molecule has 0 saturated carbocycles. The van der Waals surface area contributed by atoms with Crippen molar-refractivity contribution in [3.8, 4) is 0 Å². The molecule has 2 heterocycles. The van der Waals surface area contributed by atoms with Crippen molar-refractivity contribution >= 4 is 22.7 Å². The first-order chi connectivity index (χ1) is 16.6. The molecule has 6 N–H and O–H groups in total. The number of hydrogen-bond donors (Lipinski definition) is 4.